The van der Waals surface area contributed by atoms with Gasteiger partial charge in [-0.15, -0.1) is 0 Å². The van der Waals surface area contributed by atoms with Crippen molar-refractivity contribution in [2.75, 3.05) is 32.7 Å². The molecule has 3 rings (SSSR count). The molecule has 0 saturated carbocycles. The summed E-state index contributed by atoms with van der Waals surface area (Å²) in [5.74, 6) is 0.298. The molecule has 3 aliphatic rings. The Labute approximate surface area is 114 Å². The molecular weight excluding hydrogens is 242 g/mol. The number of amides is 1. The van der Waals surface area contributed by atoms with E-state index < -0.39 is 0 Å². The van der Waals surface area contributed by atoms with Gasteiger partial charge in [0, 0.05) is 51.2 Å². The summed E-state index contributed by atoms with van der Waals surface area (Å²) in [4.78, 5) is 16.6. The van der Waals surface area contributed by atoms with E-state index >= 15 is 0 Å². The first-order chi connectivity index (χ1) is 9.24. The number of piperidine rings is 1. The Balaban J connectivity index is 1.48. The summed E-state index contributed by atoms with van der Waals surface area (Å²) in [6, 6.07) is 1.04. The third-order valence-electron chi connectivity index (χ3n) is 4.91. The number of hydrogen-bond donors (Lipinski definition) is 2. The lowest BCUT2D eigenvalue weighted by Crippen LogP contribution is -2.49. The molecule has 0 aromatic rings. The van der Waals surface area contributed by atoms with Crippen molar-refractivity contribution in [3.05, 3.63) is 0 Å². The van der Waals surface area contributed by atoms with Gasteiger partial charge in [-0.3, -0.25) is 9.69 Å². The van der Waals surface area contributed by atoms with Gasteiger partial charge in [-0.25, -0.2) is 0 Å². The highest BCUT2D eigenvalue weighted by Crippen LogP contribution is 2.35. The molecule has 2 N–H and O–H groups in total. The van der Waals surface area contributed by atoms with Crippen LogP contribution in [0.25, 0.3) is 0 Å². The van der Waals surface area contributed by atoms with Gasteiger partial charge in [0.2, 0.25) is 5.91 Å². The van der Waals surface area contributed by atoms with E-state index in [2.05, 4.69) is 10.2 Å². The summed E-state index contributed by atoms with van der Waals surface area (Å²) in [6.45, 7) is 4.43. The summed E-state index contributed by atoms with van der Waals surface area (Å²) in [5.41, 5.74) is 0. The number of aliphatic hydroxyl groups is 1. The highest BCUT2D eigenvalue weighted by molar-refractivity contribution is 5.76. The van der Waals surface area contributed by atoms with Crippen LogP contribution in [0.1, 0.15) is 32.1 Å². The van der Waals surface area contributed by atoms with Crippen molar-refractivity contribution in [3.8, 4) is 0 Å². The van der Waals surface area contributed by atoms with Crippen LogP contribution in [0.2, 0.25) is 0 Å². The van der Waals surface area contributed by atoms with Crippen molar-refractivity contribution in [3.63, 3.8) is 0 Å². The third kappa shape index (κ3) is 2.93. The van der Waals surface area contributed by atoms with E-state index in [9.17, 15) is 9.90 Å². The lowest BCUT2D eigenvalue weighted by atomic mass is 9.99. The van der Waals surface area contributed by atoms with Crippen molar-refractivity contribution >= 4 is 5.91 Å². The van der Waals surface area contributed by atoms with Crippen LogP contribution in [0.15, 0.2) is 0 Å². The van der Waals surface area contributed by atoms with E-state index in [4.69, 9.17) is 0 Å². The number of carbonyl (C=O) groups is 1. The summed E-state index contributed by atoms with van der Waals surface area (Å²) < 4.78 is 0. The van der Waals surface area contributed by atoms with E-state index in [1.54, 1.807) is 0 Å². The van der Waals surface area contributed by atoms with Gasteiger partial charge in [0.1, 0.15) is 0 Å². The molecule has 0 radical (unpaired) electrons. The van der Waals surface area contributed by atoms with E-state index in [0.29, 0.717) is 24.4 Å². The largest absolute Gasteiger partial charge is 0.393 e. The average molecular weight is 267 g/mol. The number of hydrogen-bond acceptors (Lipinski definition) is 4. The quantitative estimate of drug-likeness (QED) is 0.743. The Morgan fingerprint density at radius 3 is 2.42 bits per heavy atom. The first-order valence-electron chi connectivity index (χ1n) is 7.66. The second-order valence-electron chi connectivity index (χ2n) is 6.13. The van der Waals surface area contributed by atoms with Gasteiger partial charge < -0.3 is 15.3 Å². The van der Waals surface area contributed by atoms with Crippen LogP contribution < -0.4 is 5.32 Å². The number of aliphatic hydroxyl groups excluding tert-OH is 1. The highest BCUT2D eigenvalue weighted by atomic mass is 16.3. The SMILES string of the molecule is O=C(CCN1C2CCC1CC(O)C2)N1CCNCC1. The van der Waals surface area contributed by atoms with E-state index in [0.717, 1.165) is 45.6 Å². The standard InChI is InChI=1S/C14H25N3O2/c18-13-9-11-1-2-12(10-13)17(11)6-3-14(19)16-7-4-15-5-8-16/h11-13,15,18H,1-10H2. The van der Waals surface area contributed by atoms with Gasteiger partial charge in [-0.05, 0) is 25.7 Å². The number of fused-ring (bicyclic) bond motifs is 2. The van der Waals surface area contributed by atoms with Gasteiger partial charge in [-0.2, -0.15) is 0 Å². The first kappa shape index (κ1) is 13.3. The van der Waals surface area contributed by atoms with Crippen LogP contribution >= 0.6 is 0 Å². The fraction of sp³-hybridized carbons (Fsp3) is 0.929. The van der Waals surface area contributed by atoms with Crippen LogP contribution in [-0.2, 0) is 4.79 Å². The van der Waals surface area contributed by atoms with E-state index in [1.807, 2.05) is 4.90 Å². The molecule has 5 heteroatoms. The number of nitrogens with one attached hydrogen (secondary N) is 1. The zero-order chi connectivity index (χ0) is 13.2. The van der Waals surface area contributed by atoms with Gasteiger partial charge >= 0.3 is 0 Å². The van der Waals surface area contributed by atoms with Crippen LogP contribution in [0.5, 0.6) is 0 Å². The van der Waals surface area contributed by atoms with Crippen LogP contribution in [0.4, 0.5) is 0 Å². The lowest BCUT2D eigenvalue weighted by Gasteiger charge is -2.37. The van der Waals surface area contributed by atoms with E-state index in [-0.39, 0.29) is 6.10 Å². The minimum Gasteiger partial charge on any atom is -0.393 e. The number of nitrogens with zero attached hydrogens (tertiary/aromatic N) is 2. The number of piperazine rings is 1. The van der Waals surface area contributed by atoms with Crippen LogP contribution in [0.3, 0.4) is 0 Å². The second kappa shape index (κ2) is 5.77. The average Bonchev–Trinajstić information content (AvgIpc) is 2.67. The van der Waals surface area contributed by atoms with Gasteiger partial charge in [0.25, 0.3) is 0 Å². The van der Waals surface area contributed by atoms with E-state index in [1.165, 1.54) is 12.8 Å². The molecule has 2 bridgehead atoms. The van der Waals surface area contributed by atoms with Crippen molar-refractivity contribution in [1.29, 1.82) is 0 Å². The maximum Gasteiger partial charge on any atom is 0.223 e. The number of carbonyl (C=O) groups excluding carboxylic acids is 1. The molecule has 0 aliphatic carbocycles. The fourth-order valence-electron chi connectivity index (χ4n) is 3.91. The zero-order valence-corrected chi connectivity index (χ0v) is 11.6. The highest BCUT2D eigenvalue weighted by Gasteiger charge is 2.39. The smallest absolute Gasteiger partial charge is 0.223 e. The predicted octanol–water partition coefficient (Wildman–Crippen LogP) is -0.204. The molecular formula is C14H25N3O2. The van der Waals surface area contributed by atoms with Crippen LogP contribution in [-0.4, -0.2) is 71.7 Å². The van der Waals surface area contributed by atoms with Crippen molar-refractivity contribution in [2.45, 2.75) is 50.3 Å². The molecule has 3 fully saturated rings. The van der Waals surface area contributed by atoms with Gasteiger partial charge in [0.15, 0.2) is 0 Å². The minimum atomic E-state index is -0.113. The van der Waals surface area contributed by atoms with Gasteiger partial charge in [-0.1, -0.05) is 0 Å². The lowest BCUT2D eigenvalue weighted by molar-refractivity contribution is -0.132. The molecule has 3 aliphatic heterocycles. The molecule has 0 aromatic carbocycles. The third-order valence-corrected chi connectivity index (χ3v) is 4.91. The minimum absolute atomic E-state index is 0.113. The van der Waals surface area contributed by atoms with Gasteiger partial charge in [0.05, 0.1) is 6.10 Å². The summed E-state index contributed by atoms with van der Waals surface area (Å²) in [7, 11) is 0. The molecule has 2 unspecified atom stereocenters. The predicted molar refractivity (Wildman–Crippen MR) is 72.8 cm³/mol. The van der Waals surface area contributed by atoms with Crippen molar-refractivity contribution in [2.24, 2.45) is 0 Å². The maximum absolute atomic E-state index is 12.2. The molecule has 3 heterocycles. The summed E-state index contributed by atoms with van der Waals surface area (Å²) >= 11 is 0. The number of rotatable bonds is 3. The normalized spacial score (nSPS) is 35.6. The summed E-state index contributed by atoms with van der Waals surface area (Å²) in [5, 5.41) is 13.1. The molecule has 0 aromatic heterocycles. The topological polar surface area (TPSA) is 55.8 Å². The molecule has 2 atom stereocenters. The molecule has 5 nitrogen and oxygen atoms in total. The molecule has 0 spiro atoms. The van der Waals surface area contributed by atoms with Crippen molar-refractivity contribution < 1.29 is 9.90 Å². The Hall–Kier alpha value is -0.650. The molecule has 108 valence electrons. The Kier molecular flexibility index (Phi) is 4.05. The van der Waals surface area contributed by atoms with Crippen molar-refractivity contribution in [1.82, 2.24) is 15.1 Å². The maximum atomic E-state index is 12.2. The fourth-order valence-corrected chi connectivity index (χ4v) is 3.91. The molecule has 3 saturated heterocycles. The van der Waals surface area contributed by atoms with Crippen LogP contribution in [0, 0.1) is 0 Å². The second-order valence-corrected chi connectivity index (χ2v) is 6.13. The Morgan fingerprint density at radius 2 is 1.79 bits per heavy atom. The Bertz CT molecular complexity index is 317. The zero-order valence-electron chi connectivity index (χ0n) is 11.6. The molecule has 19 heavy (non-hydrogen) atoms. The Morgan fingerprint density at radius 1 is 1.16 bits per heavy atom. The molecule has 1 amide bonds. The first-order valence-corrected chi connectivity index (χ1v) is 7.66. The monoisotopic (exact) mass is 267 g/mol. The summed E-state index contributed by atoms with van der Waals surface area (Å²) in [6.07, 6.45) is 4.73.